The molecule has 0 bridgehead atoms. The van der Waals surface area contributed by atoms with Gasteiger partial charge in [0, 0.05) is 6.07 Å². The lowest BCUT2D eigenvalue weighted by molar-refractivity contribution is 0.143. The van der Waals surface area contributed by atoms with Crippen molar-refractivity contribution in [2.45, 2.75) is 13.0 Å². The van der Waals surface area contributed by atoms with Gasteiger partial charge in [-0.05, 0) is 31.2 Å². The summed E-state index contributed by atoms with van der Waals surface area (Å²) in [5, 5.41) is 0. The Balaban J connectivity index is 1.83. The Morgan fingerprint density at radius 2 is 1.72 bits per heavy atom. The Hall–Kier alpha value is -2.03. The second-order valence-corrected chi connectivity index (χ2v) is 4.01. The van der Waals surface area contributed by atoms with Gasteiger partial charge in [0.25, 0.3) is 0 Å². The maximum Gasteiger partial charge on any atom is 0.130 e. The third-order valence-corrected chi connectivity index (χ3v) is 2.36. The summed E-state index contributed by atoms with van der Waals surface area (Å²) in [5.41, 5.74) is 0. The zero-order valence-electron chi connectivity index (χ0n) is 10.2. The van der Waals surface area contributed by atoms with Gasteiger partial charge in [-0.3, -0.25) is 0 Å². The first-order valence-corrected chi connectivity index (χ1v) is 5.84. The van der Waals surface area contributed by atoms with Gasteiger partial charge < -0.3 is 9.47 Å². The van der Waals surface area contributed by atoms with E-state index in [2.05, 4.69) is 0 Å². The molecule has 0 spiro atoms. The second-order valence-electron chi connectivity index (χ2n) is 4.01. The van der Waals surface area contributed by atoms with E-state index >= 15 is 0 Å². The zero-order chi connectivity index (χ0) is 12.8. The standard InChI is InChI=1S/C15H15FO2/c1-12(18-14-7-3-2-4-8-14)11-17-15-9-5-6-13(16)10-15/h2-10,12H,11H2,1H3. The van der Waals surface area contributed by atoms with E-state index in [1.165, 1.54) is 12.1 Å². The van der Waals surface area contributed by atoms with Gasteiger partial charge in [0.15, 0.2) is 0 Å². The minimum atomic E-state index is -0.302. The van der Waals surface area contributed by atoms with Crippen LogP contribution in [0.5, 0.6) is 11.5 Å². The SMILES string of the molecule is CC(COc1cccc(F)c1)Oc1ccccc1. The summed E-state index contributed by atoms with van der Waals surface area (Å²) < 4.78 is 24.0. The van der Waals surface area contributed by atoms with Crippen LogP contribution in [0.3, 0.4) is 0 Å². The molecule has 0 aliphatic carbocycles. The quantitative estimate of drug-likeness (QED) is 0.801. The summed E-state index contributed by atoms with van der Waals surface area (Å²) >= 11 is 0. The summed E-state index contributed by atoms with van der Waals surface area (Å²) in [6.07, 6.45) is -0.101. The summed E-state index contributed by atoms with van der Waals surface area (Å²) in [4.78, 5) is 0. The van der Waals surface area contributed by atoms with E-state index in [0.717, 1.165) is 5.75 Å². The van der Waals surface area contributed by atoms with Crippen LogP contribution >= 0.6 is 0 Å². The summed E-state index contributed by atoms with van der Waals surface area (Å²) in [7, 11) is 0. The number of hydrogen-bond donors (Lipinski definition) is 0. The molecule has 0 aliphatic heterocycles. The van der Waals surface area contributed by atoms with Crippen molar-refractivity contribution in [2.75, 3.05) is 6.61 Å². The molecular weight excluding hydrogens is 231 g/mol. The van der Waals surface area contributed by atoms with Gasteiger partial charge in [-0.2, -0.15) is 0 Å². The van der Waals surface area contributed by atoms with Crippen LogP contribution in [0.15, 0.2) is 54.6 Å². The Morgan fingerprint density at radius 3 is 2.44 bits per heavy atom. The van der Waals surface area contributed by atoms with Crippen LogP contribution in [0.4, 0.5) is 4.39 Å². The number of hydrogen-bond acceptors (Lipinski definition) is 2. The van der Waals surface area contributed by atoms with Crippen LogP contribution in [-0.2, 0) is 0 Å². The number of rotatable bonds is 5. The molecule has 0 N–H and O–H groups in total. The lowest BCUT2D eigenvalue weighted by atomic mass is 10.3. The minimum absolute atomic E-state index is 0.101. The lowest BCUT2D eigenvalue weighted by Gasteiger charge is -2.15. The first-order chi connectivity index (χ1) is 8.74. The monoisotopic (exact) mass is 246 g/mol. The first kappa shape index (κ1) is 12.4. The molecule has 2 rings (SSSR count). The molecule has 1 unspecified atom stereocenters. The maximum absolute atomic E-state index is 12.9. The van der Waals surface area contributed by atoms with E-state index in [-0.39, 0.29) is 11.9 Å². The van der Waals surface area contributed by atoms with Gasteiger partial charge in [-0.15, -0.1) is 0 Å². The molecule has 94 valence electrons. The van der Waals surface area contributed by atoms with Gasteiger partial charge in [0.05, 0.1) is 0 Å². The van der Waals surface area contributed by atoms with Crippen LogP contribution in [0.25, 0.3) is 0 Å². The molecule has 0 fully saturated rings. The van der Waals surface area contributed by atoms with E-state index < -0.39 is 0 Å². The summed E-state index contributed by atoms with van der Waals surface area (Å²) in [5.74, 6) is 1.01. The Labute approximate surface area is 106 Å². The van der Waals surface area contributed by atoms with Crippen LogP contribution < -0.4 is 9.47 Å². The number of ether oxygens (including phenoxy) is 2. The Bertz CT molecular complexity index is 485. The third kappa shape index (κ3) is 3.77. The van der Waals surface area contributed by atoms with Gasteiger partial charge in [0.1, 0.15) is 30.0 Å². The van der Waals surface area contributed by atoms with Gasteiger partial charge >= 0.3 is 0 Å². The predicted octanol–water partition coefficient (Wildman–Crippen LogP) is 3.67. The average Bonchev–Trinajstić information content (AvgIpc) is 2.38. The molecule has 0 saturated heterocycles. The first-order valence-electron chi connectivity index (χ1n) is 5.84. The smallest absolute Gasteiger partial charge is 0.130 e. The highest BCUT2D eigenvalue weighted by atomic mass is 19.1. The van der Waals surface area contributed by atoms with E-state index in [0.29, 0.717) is 12.4 Å². The van der Waals surface area contributed by atoms with E-state index in [1.807, 2.05) is 37.3 Å². The fourth-order valence-electron chi connectivity index (χ4n) is 1.54. The van der Waals surface area contributed by atoms with Crippen LogP contribution in [0, 0.1) is 5.82 Å². The molecule has 0 radical (unpaired) electrons. The number of halogens is 1. The number of benzene rings is 2. The van der Waals surface area contributed by atoms with E-state index in [9.17, 15) is 4.39 Å². The Morgan fingerprint density at radius 1 is 1.00 bits per heavy atom. The van der Waals surface area contributed by atoms with Crippen LogP contribution in [-0.4, -0.2) is 12.7 Å². The molecule has 3 heteroatoms. The molecule has 1 atom stereocenters. The van der Waals surface area contributed by atoms with E-state index in [1.54, 1.807) is 12.1 Å². The highest BCUT2D eigenvalue weighted by molar-refractivity contribution is 5.23. The van der Waals surface area contributed by atoms with Crippen molar-refractivity contribution in [1.29, 1.82) is 0 Å². The maximum atomic E-state index is 12.9. The molecule has 0 aromatic heterocycles. The highest BCUT2D eigenvalue weighted by Crippen LogP contribution is 2.14. The lowest BCUT2D eigenvalue weighted by Crippen LogP contribution is -2.21. The molecular formula is C15H15FO2. The predicted molar refractivity (Wildman–Crippen MR) is 68.4 cm³/mol. The normalized spacial score (nSPS) is 11.9. The molecule has 2 aromatic carbocycles. The van der Waals surface area contributed by atoms with Crippen LogP contribution in [0.2, 0.25) is 0 Å². The molecule has 0 saturated carbocycles. The van der Waals surface area contributed by atoms with Crippen LogP contribution in [0.1, 0.15) is 6.92 Å². The fraction of sp³-hybridized carbons (Fsp3) is 0.200. The van der Waals surface area contributed by atoms with Crippen molar-refractivity contribution < 1.29 is 13.9 Å². The van der Waals surface area contributed by atoms with Gasteiger partial charge in [-0.25, -0.2) is 4.39 Å². The fourth-order valence-corrected chi connectivity index (χ4v) is 1.54. The minimum Gasteiger partial charge on any atom is -0.490 e. The third-order valence-electron chi connectivity index (χ3n) is 2.36. The topological polar surface area (TPSA) is 18.5 Å². The summed E-state index contributed by atoms with van der Waals surface area (Å²) in [6.45, 7) is 2.28. The largest absolute Gasteiger partial charge is 0.490 e. The molecule has 2 nitrogen and oxygen atoms in total. The van der Waals surface area contributed by atoms with Crippen molar-refractivity contribution >= 4 is 0 Å². The Kier molecular flexibility index (Phi) is 4.18. The van der Waals surface area contributed by atoms with Crippen molar-refractivity contribution in [3.63, 3.8) is 0 Å². The van der Waals surface area contributed by atoms with E-state index in [4.69, 9.17) is 9.47 Å². The van der Waals surface area contributed by atoms with Gasteiger partial charge in [0.2, 0.25) is 0 Å². The second kappa shape index (κ2) is 6.05. The number of para-hydroxylation sites is 1. The zero-order valence-corrected chi connectivity index (χ0v) is 10.2. The van der Waals surface area contributed by atoms with Crippen molar-refractivity contribution in [3.8, 4) is 11.5 Å². The molecule has 0 aliphatic rings. The molecule has 18 heavy (non-hydrogen) atoms. The highest BCUT2D eigenvalue weighted by Gasteiger charge is 2.05. The average molecular weight is 246 g/mol. The van der Waals surface area contributed by atoms with Gasteiger partial charge in [-0.1, -0.05) is 24.3 Å². The van der Waals surface area contributed by atoms with Crippen molar-refractivity contribution in [2.24, 2.45) is 0 Å². The molecule has 0 amide bonds. The van der Waals surface area contributed by atoms with Crippen molar-refractivity contribution in [1.82, 2.24) is 0 Å². The molecule has 0 heterocycles. The molecule has 2 aromatic rings. The summed E-state index contributed by atoms with van der Waals surface area (Å²) in [6, 6.07) is 15.6. The van der Waals surface area contributed by atoms with Crippen molar-refractivity contribution in [3.05, 3.63) is 60.4 Å².